The molecule has 5 rings (SSSR count). The van der Waals surface area contributed by atoms with Crippen molar-refractivity contribution in [1.29, 1.82) is 0 Å². The number of amides is 1. The van der Waals surface area contributed by atoms with Gasteiger partial charge in [-0.1, -0.05) is 0 Å². The minimum Gasteiger partial charge on any atom is -0.497 e. The van der Waals surface area contributed by atoms with Crippen LogP contribution < -0.4 is 14.8 Å². The quantitative estimate of drug-likeness (QED) is 0.507. The number of hydrogen-bond acceptors (Lipinski definition) is 6. The van der Waals surface area contributed by atoms with Gasteiger partial charge in [0.05, 0.1) is 27.4 Å². The first-order valence-corrected chi connectivity index (χ1v) is 11.1. The Balaban J connectivity index is 1.35. The van der Waals surface area contributed by atoms with Crippen LogP contribution in [0.1, 0.15) is 16.9 Å². The molecule has 2 aromatic carbocycles. The molecule has 0 bridgehead atoms. The molecule has 1 unspecified atom stereocenters. The molecule has 8 heteroatoms. The van der Waals surface area contributed by atoms with Gasteiger partial charge in [-0.2, -0.15) is 0 Å². The minimum atomic E-state index is -0.233. The van der Waals surface area contributed by atoms with Crippen LogP contribution in [0.4, 0.5) is 5.69 Å². The summed E-state index contributed by atoms with van der Waals surface area (Å²) in [6.45, 7) is 0. The summed E-state index contributed by atoms with van der Waals surface area (Å²) in [7, 11) is 4.85. The van der Waals surface area contributed by atoms with Crippen molar-refractivity contribution in [3.63, 3.8) is 0 Å². The van der Waals surface area contributed by atoms with Gasteiger partial charge in [-0.15, -0.1) is 0 Å². The Hall–Kier alpha value is -4.46. The molecular formula is C27H25N3O5. The highest BCUT2D eigenvalue weighted by atomic mass is 16.5. The fourth-order valence-electron chi connectivity index (χ4n) is 4.13. The molecule has 2 N–H and O–H groups in total. The molecule has 3 aromatic rings. The molecule has 2 aliphatic rings. The number of fused-ring (bicyclic) bond motifs is 2. The Labute approximate surface area is 202 Å². The van der Waals surface area contributed by atoms with Gasteiger partial charge in [-0.3, -0.25) is 9.79 Å². The van der Waals surface area contributed by atoms with E-state index < -0.39 is 0 Å². The van der Waals surface area contributed by atoms with Crippen molar-refractivity contribution in [3.8, 4) is 11.5 Å². The Morgan fingerprint density at radius 1 is 1.00 bits per heavy atom. The second kappa shape index (κ2) is 9.42. The van der Waals surface area contributed by atoms with E-state index in [1.54, 1.807) is 57.9 Å². The van der Waals surface area contributed by atoms with Crippen LogP contribution in [0.5, 0.6) is 11.5 Å². The first kappa shape index (κ1) is 22.3. The summed E-state index contributed by atoms with van der Waals surface area (Å²) in [5.74, 6) is 3.27. The Morgan fingerprint density at radius 2 is 1.80 bits per heavy atom. The van der Waals surface area contributed by atoms with Gasteiger partial charge in [0.15, 0.2) is 5.76 Å². The van der Waals surface area contributed by atoms with Gasteiger partial charge in [0.1, 0.15) is 28.7 Å². The molecule has 1 aliphatic carbocycles. The van der Waals surface area contributed by atoms with Crippen molar-refractivity contribution in [3.05, 3.63) is 89.2 Å². The van der Waals surface area contributed by atoms with E-state index >= 15 is 0 Å². The van der Waals surface area contributed by atoms with Crippen LogP contribution in [0.3, 0.4) is 0 Å². The summed E-state index contributed by atoms with van der Waals surface area (Å²) < 4.78 is 22.3. The number of methoxy groups -OCH3 is 3. The van der Waals surface area contributed by atoms with Crippen molar-refractivity contribution in [2.45, 2.75) is 12.5 Å². The number of benzene rings is 2. The average molecular weight is 472 g/mol. The predicted octanol–water partition coefficient (Wildman–Crippen LogP) is 4.98. The zero-order valence-corrected chi connectivity index (χ0v) is 19.6. The third-order valence-corrected chi connectivity index (χ3v) is 5.95. The van der Waals surface area contributed by atoms with Crippen molar-refractivity contribution < 1.29 is 23.7 Å². The zero-order valence-electron chi connectivity index (χ0n) is 19.6. The topological polar surface area (TPSA) is 94.2 Å². The third kappa shape index (κ3) is 4.50. The maximum Gasteiger partial charge on any atom is 0.272 e. The molecular weight excluding hydrogens is 446 g/mol. The van der Waals surface area contributed by atoms with Gasteiger partial charge in [0.2, 0.25) is 0 Å². The standard InChI is InChI=1S/C27H25N3O5/c1-32-18-6-4-17(5-7-18)29-27(31)23-13-16-12-19(8-9-21(16)30-23)35-24-10-11-28-22-15-26(34-3)25(33-2)14-20(22)24/h4-14,22,30H,15H2,1-3H3,(H,29,31). The summed E-state index contributed by atoms with van der Waals surface area (Å²) in [4.78, 5) is 20.5. The van der Waals surface area contributed by atoms with Crippen LogP contribution >= 0.6 is 0 Å². The average Bonchev–Trinajstić information content (AvgIpc) is 3.32. The van der Waals surface area contributed by atoms with Crippen molar-refractivity contribution in [2.75, 3.05) is 26.6 Å². The normalized spacial score (nSPS) is 16.8. The van der Waals surface area contributed by atoms with E-state index in [-0.39, 0.29) is 11.9 Å². The van der Waals surface area contributed by atoms with E-state index in [1.807, 2.05) is 30.4 Å². The van der Waals surface area contributed by atoms with Crippen LogP contribution in [0, 0.1) is 0 Å². The largest absolute Gasteiger partial charge is 0.497 e. The number of dihydropyridines is 1. The van der Waals surface area contributed by atoms with Crippen LogP contribution in [0.25, 0.3) is 10.9 Å². The Bertz CT molecular complexity index is 1400. The number of carbonyl (C=O) groups excluding carboxylic acids is 1. The van der Waals surface area contributed by atoms with E-state index in [2.05, 4.69) is 15.3 Å². The van der Waals surface area contributed by atoms with E-state index in [0.717, 1.165) is 28.0 Å². The van der Waals surface area contributed by atoms with Gasteiger partial charge in [0.25, 0.3) is 5.91 Å². The molecule has 1 aromatic heterocycles. The maximum absolute atomic E-state index is 12.7. The number of allylic oxidation sites excluding steroid dienone is 2. The van der Waals surface area contributed by atoms with Gasteiger partial charge in [-0.05, 0) is 60.7 Å². The van der Waals surface area contributed by atoms with Crippen LogP contribution in [0.15, 0.2) is 88.5 Å². The molecule has 0 saturated carbocycles. The van der Waals surface area contributed by atoms with Gasteiger partial charge < -0.3 is 29.2 Å². The molecule has 8 nitrogen and oxygen atoms in total. The highest BCUT2D eigenvalue weighted by Gasteiger charge is 2.29. The van der Waals surface area contributed by atoms with Gasteiger partial charge in [-0.25, -0.2) is 0 Å². The molecule has 0 radical (unpaired) electrons. The van der Waals surface area contributed by atoms with Crippen molar-refractivity contribution in [1.82, 2.24) is 4.98 Å². The summed E-state index contributed by atoms with van der Waals surface area (Å²) >= 11 is 0. The van der Waals surface area contributed by atoms with Crippen LogP contribution in [-0.2, 0) is 9.47 Å². The highest BCUT2D eigenvalue weighted by molar-refractivity contribution is 6.06. The molecule has 35 heavy (non-hydrogen) atoms. The smallest absolute Gasteiger partial charge is 0.272 e. The molecule has 0 saturated heterocycles. The predicted molar refractivity (Wildman–Crippen MR) is 134 cm³/mol. The summed E-state index contributed by atoms with van der Waals surface area (Å²) in [6.07, 6.45) is 6.10. The number of ether oxygens (including phenoxy) is 4. The fourth-order valence-corrected chi connectivity index (χ4v) is 4.13. The monoisotopic (exact) mass is 471 g/mol. The summed E-state index contributed by atoms with van der Waals surface area (Å²) in [6, 6.07) is 14.5. The van der Waals surface area contributed by atoms with Crippen LogP contribution in [0.2, 0.25) is 0 Å². The molecule has 178 valence electrons. The summed E-state index contributed by atoms with van der Waals surface area (Å²) in [5.41, 5.74) is 2.90. The number of anilines is 1. The number of aliphatic imine (C=N–C) groups is 1. The summed E-state index contributed by atoms with van der Waals surface area (Å²) in [5, 5.41) is 3.75. The van der Waals surface area contributed by atoms with Gasteiger partial charge in [0, 0.05) is 34.8 Å². The molecule has 1 aliphatic heterocycles. The van der Waals surface area contributed by atoms with Gasteiger partial charge >= 0.3 is 0 Å². The van der Waals surface area contributed by atoms with Crippen molar-refractivity contribution in [2.24, 2.45) is 4.99 Å². The second-order valence-corrected chi connectivity index (χ2v) is 8.06. The lowest BCUT2D eigenvalue weighted by atomic mass is 9.93. The van der Waals surface area contributed by atoms with E-state index in [1.165, 1.54) is 0 Å². The van der Waals surface area contributed by atoms with Crippen LogP contribution in [-0.4, -0.2) is 44.5 Å². The number of nitrogens with one attached hydrogen (secondary N) is 2. The highest BCUT2D eigenvalue weighted by Crippen LogP contribution is 2.35. The Morgan fingerprint density at radius 3 is 2.54 bits per heavy atom. The lowest BCUT2D eigenvalue weighted by Gasteiger charge is -2.27. The van der Waals surface area contributed by atoms with E-state index in [4.69, 9.17) is 18.9 Å². The molecule has 1 amide bonds. The number of aromatic amines is 1. The number of rotatable bonds is 7. The number of H-pyrrole nitrogens is 1. The van der Waals surface area contributed by atoms with Crippen molar-refractivity contribution >= 4 is 28.7 Å². The zero-order chi connectivity index (χ0) is 24.4. The minimum absolute atomic E-state index is 0.0897. The lowest BCUT2D eigenvalue weighted by Crippen LogP contribution is -2.22. The SMILES string of the molecule is COC1=C(OC)CC2N=CC=C(Oc3ccc4[nH]c(C(=O)Nc5ccc(OC)cc5)cc4c3)C2=C1. The van der Waals surface area contributed by atoms with E-state index in [0.29, 0.717) is 35.1 Å². The molecule has 1 atom stereocenters. The molecule has 0 spiro atoms. The fraction of sp³-hybridized carbons (Fsp3) is 0.185. The number of nitrogens with zero attached hydrogens (tertiary/aromatic N) is 1. The lowest BCUT2D eigenvalue weighted by molar-refractivity contribution is 0.102. The third-order valence-electron chi connectivity index (χ3n) is 5.95. The number of carbonyl (C=O) groups is 1. The maximum atomic E-state index is 12.7. The first-order valence-electron chi connectivity index (χ1n) is 11.1. The first-order chi connectivity index (χ1) is 17.1. The molecule has 0 fully saturated rings. The second-order valence-electron chi connectivity index (χ2n) is 8.06. The number of aromatic nitrogens is 1. The molecule has 2 heterocycles. The Kier molecular flexibility index (Phi) is 6.01. The number of hydrogen-bond donors (Lipinski definition) is 2. The van der Waals surface area contributed by atoms with E-state index in [9.17, 15) is 4.79 Å².